The number of aryl methyl sites for hydroxylation is 1. The van der Waals surface area contributed by atoms with Crippen molar-refractivity contribution in [3.8, 4) is 11.3 Å². The largest absolute Gasteiger partial charge is 0.326 e. The number of piperazine rings is 1. The zero-order chi connectivity index (χ0) is 25.4. The summed E-state index contributed by atoms with van der Waals surface area (Å²) in [5, 5.41) is 6.40. The monoisotopic (exact) mass is 492 g/mol. The van der Waals surface area contributed by atoms with E-state index in [0.717, 1.165) is 37.9 Å². The molecule has 1 saturated heterocycles. The number of hydrogen-bond donors (Lipinski definition) is 2. The van der Waals surface area contributed by atoms with Crippen molar-refractivity contribution in [2.24, 2.45) is 0 Å². The molecule has 1 aliphatic heterocycles. The number of anilines is 2. The molecule has 1 atom stereocenters. The molecule has 1 aliphatic rings. The lowest BCUT2D eigenvalue weighted by atomic mass is 10.1. The Morgan fingerprint density at radius 2 is 1.75 bits per heavy atom. The van der Waals surface area contributed by atoms with Crippen LogP contribution in [0, 0.1) is 18.6 Å². The molecular weight excluding hydrogens is 462 g/mol. The molecule has 5 rings (SSSR count). The molecule has 10 heteroatoms. The van der Waals surface area contributed by atoms with Gasteiger partial charge in [-0.25, -0.2) is 28.7 Å². The topological polar surface area (TPSA) is 83.8 Å². The lowest BCUT2D eigenvalue weighted by molar-refractivity contribution is 0.185. The van der Waals surface area contributed by atoms with Crippen molar-refractivity contribution >= 4 is 22.8 Å². The first-order valence-corrected chi connectivity index (χ1v) is 12.2. The highest BCUT2D eigenvalue weighted by molar-refractivity contribution is 5.83. The van der Waals surface area contributed by atoms with Gasteiger partial charge in [0.05, 0.1) is 11.7 Å². The number of halogens is 2. The molecule has 0 bridgehead atoms. The van der Waals surface area contributed by atoms with Gasteiger partial charge < -0.3 is 15.2 Å². The first-order valence-electron chi connectivity index (χ1n) is 12.2. The smallest absolute Gasteiger partial charge is 0.229 e. The van der Waals surface area contributed by atoms with E-state index in [1.165, 1.54) is 6.07 Å². The molecule has 1 fully saturated rings. The van der Waals surface area contributed by atoms with Crippen LogP contribution in [0.4, 0.5) is 20.5 Å². The zero-order valence-electron chi connectivity index (χ0n) is 20.9. The van der Waals surface area contributed by atoms with Gasteiger partial charge in [-0.05, 0) is 51.5 Å². The summed E-state index contributed by atoms with van der Waals surface area (Å²) in [7, 11) is 0. The third-order valence-corrected chi connectivity index (χ3v) is 6.67. The maximum Gasteiger partial charge on any atom is 0.229 e. The fraction of sp³-hybridized carbons (Fsp3) is 0.385. The Bertz CT molecular complexity index is 1380. The molecule has 188 valence electrons. The molecular formula is C26H30F2N8. The summed E-state index contributed by atoms with van der Waals surface area (Å²) in [6, 6.07) is 7.19. The van der Waals surface area contributed by atoms with Crippen LogP contribution in [-0.4, -0.2) is 55.6 Å². The molecule has 3 aromatic heterocycles. The van der Waals surface area contributed by atoms with E-state index in [1.54, 1.807) is 6.07 Å². The van der Waals surface area contributed by atoms with Crippen LogP contribution >= 0.6 is 0 Å². The first kappa shape index (κ1) is 24.2. The van der Waals surface area contributed by atoms with E-state index in [2.05, 4.69) is 42.4 Å². The van der Waals surface area contributed by atoms with Crippen LogP contribution in [0.3, 0.4) is 0 Å². The predicted octanol–water partition coefficient (Wildman–Crippen LogP) is 4.77. The van der Waals surface area contributed by atoms with E-state index in [1.807, 2.05) is 43.7 Å². The standard InChI is InChI=1S/C26H30F2N8/c1-15(2)36-17(4)32-25-20(27)11-19(12-22(25)36)24-21(28)14-31-26(34-24)33-23-6-5-18(13-30-23)16(3)35-9-7-29-8-10-35/h5-6,11-16,29H,7-10H2,1-4H3,(H,30,31,33,34)/t16-/m0/s1. The number of hydrogen-bond acceptors (Lipinski definition) is 7. The van der Waals surface area contributed by atoms with Crippen LogP contribution in [0.1, 0.15) is 44.2 Å². The van der Waals surface area contributed by atoms with Crippen LogP contribution in [0.15, 0.2) is 36.7 Å². The second kappa shape index (κ2) is 9.87. The Labute approximate surface area is 208 Å². The minimum atomic E-state index is -0.639. The maximum atomic E-state index is 14.9. The molecule has 4 aromatic rings. The Kier molecular flexibility index (Phi) is 6.63. The fourth-order valence-electron chi connectivity index (χ4n) is 4.81. The average molecular weight is 493 g/mol. The van der Waals surface area contributed by atoms with E-state index < -0.39 is 11.6 Å². The highest BCUT2D eigenvalue weighted by Crippen LogP contribution is 2.30. The summed E-state index contributed by atoms with van der Waals surface area (Å²) < 4.78 is 31.6. The van der Waals surface area contributed by atoms with Gasteiger partial charge in [0.25, 0.3) is 0 Å². The molecule has 0 saturated carbocycles. The van der Waals surface area contributed by atoms with Crippen LogP contribution in [0.2, 0.25) is 0 Å². The van der Waals surface area contributed by atoms with E-state index in [4.69, 9.17) is 0 Å². The molecule has 0 spiro atoms. The van der Waals surface area contributed by atoms with E-state index in [9.17, 15) is 8.78 Å². The minimum Gasteiger partial charge on any atom is -0.326 e. The normalized spacial score (nSPS) is 15.5. The number of imidazole rings is 1. The van der Waals surface area contributed by atoms with Gasteiger partial charge in [0.2, 0.25) is 5.95 Å². The maximum absolute atomic E-state index is 14.9. The number of rotatable bonds is 6. The van der Waals surface area contributed by atoms with Crippen LogP contribution < -0.4 is 10.6 Å². The quantitative estimate of drug-likeness (QED) is 0.401. The summed E-state index contributed by atoms with van der Waals surface area (Å²) in [5.41, 5.74) is 2.30. The predicted molar refractivity (Wildman–Crippen MR) is 136 cm³/mol. The van der Waals surface area contributed by atoms with Gasteiger partial charge in [0.1, 0.15) is 22.9 Å². The van der Waals surface area contributed by atoms with E-state index in [-0.39, 0.29) is 29.2 Å². The summed E-state index contributed by atoms with van der Waals surface area (Å²) in [6.45, 7) is 12.0. The second-order valence-electron chi connectivity index (χ2n) is 9.40. The SMILES string of the molecule is Cc1nc2c(F)cc(-c3nc(Nc4ccc([C@H](C)N5CCNCC5)cn4)ncc3F)cc2n1C(C)C. The van der Waals surface area contributed by atoms with Crippen molar-refractivity contribution in [2.75, 3.05) is 31.5 Å². The highest BCUT2D eigenvalue weighted by Gasteiger charge is 2.20. The summed E-state index contributed by atoms with van der Waals surface area (Å²) in [4.78, 5) is 19.7. The molecule has 36 heavy (non-hydrogen) atoms. The zero-order valence-corrected chi connectivity index (χ0v) is 20.9. The Hall–Kier alpha value is -3.50. The minimum absolute atomic E-state index is 0.00593. The lowest BCUT2D eigenvalue weighted by Gasteiger charge is -2.32. The second-order valence-corrected chi connectivity index (χ2v) is 9.40. The summed E-state index contributed by atoms with van der Waals surface area (Å²) >= 11 is 0. The van der Waals surface area contributed by atoms with Crippen molar-refractivity contribution in [1.82, 2.24) is 34.7 Å². The van der Waals surface area contributed by atoms with Gasteiger partial charge in [-0.1, -0.05) is 6.07 Å². The van der Waals surface area contributed by atoms with Crippen LogP contribution in [0.5, 0.6) is 0 Å². The number of pyridine rings is 1. The number of fused-ring (bicyclic) bond motifs is 1. The van der Waals surface area contributed by atoms with Crippen molar-refractivity contribution in [2.45, 2.75) is 39.8 Å². The Morgan fingerprint density at radius 1 is 0.972 bits per heavy atom. The molecule has 1 aromatic carbocycles. The highest BCUT2D eigenvalue weighted by atomic mass is 19.1. The van der Waals surface area contributed by atoms with Gasteiger partial charge in [0.15, 0.2) is 11.6 Å². The summed E-state index contributed by atoms with van der Waals surface area (Å²) in [5.74, 6) is 0.255. The van der Waals surface area contributed by atoms with Crippen LogP contribution in [-0.2, 0) is 0 Å². The molecule has 0 unspecified atom stereocenters. The number of benzene rings is 1. The number of nitrogens with zero attached hydrogens (tertiary/aromatic N) is 6. The Balaban J connectivity index is 1.41. The molecule has 4 heterocycles. The van der Waals surface area contributed by atoms with E-state index >= 15 is 0 Å². The lowest BCUT2D eigenvalue weighted by Crippen LogP contribution is -2.44. The van der Waals surface area contributed by atoms with Crippen LogP contribution in [0.25, 0.3) is 22.3 Å². The van der Waals surface area contributed by atoms with Crippen molar-refractivity contribution in [1.29, 1.82) is 0 Å². The van der Waals surface area contributed by atoms with Gasteiger partial charge in [-0.2, -0.15) is 0 Å². The molecule has 0 aliphatic carbocycles. The van der Waals surface area contributed by atoms with Gasteiger partial charge in [-0.3, -0.25) is 4.90 Å². The first-order chi connectivity index (χ1) is 17.3. The van der Waals surface area contributed by atoms with Crippen molar-refractivity contribution < 1.29 is 8.78 Å². The molecule has 0 amide bonds. The fourth-order valence-corrected chi connectivity index (χ4v) is 4.81. The van der Waals surface area contributed by atoms with Crippen molar-refractivity contribution in [3.05, 3.63) is 59.7 Å². The van der Waals surface area contributed by atoms with Gasteiger partial charge in [0, 0.05) is 50.0 Å². The number of aromatic nitrogens is 5. The average Bonchev–Trinajstić information content (AvgIpc) is 3.22. The Morgan fingerprint density at radius 3 is 2.44 bits per heavy atom. The van der Waals surface area contributed by atoms with Gasteiger partial charge >= 0.3 is 0 Å². The molecule has 8 nitrogen and oxygen atoms in total. The third kappa shape index (κ3) is 4.66. The van der Waals surface area contributed by atoms with Gasteiger partial charge in [-0.15, -0.1) is 0 Å². The molecule has 0 radical (unpaired) electrons. The van der Waals surface area contributed by atoms with E-state index in [0.29, 0.717) is 22.7 Å². The van der Waals surface area contributed by atoms with Crippen molar-refractivity contribution in [3.63, 3.8) is 0 Å². The molecule has 2 N–H and O–H groups in total. The number of nitrogens with one attached hydrogen (secondary N) is 2. The third-order valence-electron chi connectivity index (χ3n) is 6.67. The summed E-state index contributed by atoms with van der Waals surface area (Å²) in [6.07, 6.45) is 2.91.